The fraction of sp³-hybridized carbons (Fsp3) is 0.294. The largest absolute Gasteiger partial charge is 0.364 e. The first kappa shape index (κ1) is 12.7. The molecule has 0 fully saturated rings. The second kappa shape index (κ2) is 5.71. The van der Waals surface area contributed by atoms with Crippen LogP contribution in [0.2, 0.25) is 0 Å². The van der Waals surface area contributed by atoms with E-state index in [1.807, 2.05) is 0 Å². The molecule has 0 heterocycles. The average molecular weight is 238 g/mol. The second-order valence-electron chi connectivity index (χ2n) is 4.71. The third-order valence-corrected chi connectivity index (χ3v) is 3.11. The van der Waals surface area contributed by atoms with Gasteiger partial charge in [-0.1, -0.05) is 56.2 Å². The van der Waals surface area contributed by atoms with E-state index >= 15 is 0 Å². The summed E-state index contributed by atoms with van der Waals surface area (Å²) in [5, 5.41) is 2.58. The van der Waals surface area contributed by atoms with Crippen LogP contribution >= 0.6 is 0 Å². The maximum absolute atomic E-state index is 5.44. The molecule has 2 aromatic carbocycles. The molecule has 18 heavy (non-hydrogen) atoms. The molecule has 2 rings (SSSR count). The van der Waals surface area contributed by atoms with Gasteiger partial charge in [-0.15, -0.1) is 6.42 Å². The lowest BCUT2D eigenvalue weighted by atomic mass is 9.93. The zero-order valence-corrected chi connectivity index (χ0v) is 10.9. The molecule has 0 radical (unpaired) electrons. The lowest BCUT2D eigenvalue weighted by Gasteiger charge is -2.13. The van der Waals surface area contributed by atoms with Gasteiger partial charge in [0.1, 0.15) is 6.61 Å². The Morgan fingerprint density at radius 3 is 2.50 bits per heavy atom. The van der Waals surface area contributed by atoms with E-state index in [9.17, 15) is 0 Å². The maximum atomic E-state index is 5.44. The van der Waals surface area contributed by atoms with Gasteiger partial charge in [0.15, 0.2) is 0 Å². The highest BCUT2D eigenvalue weighted by Gasteiger charge is 2.08. The van der Waals surface area contributed by atoms with Crippen LogP contribution in [0.5, 0.6) is 0 Å². The molecule has 0 aliphatic carbocycles. The number of rotatable bonds is 4. The molecule has 92 valence electrons. The lowest BCUT2D eigenvalue weighted by molar-refractivity contribution is 0.154. The molecule has 0 saturated heterocycles. The van der Waals surface area contributed by atoms with Crippen molar-refractivity contribution in [3.8, 4) is 12.3 Å². The van der Waals surface area contributed by atoms with Crippen molar-refractivity contribution in [3.63, 3.8) is 0 Å². The molecule has 1 heteroatoms. The molecule has 0 bridgehead atoms. The Balaban J connectivity index is 2.44. The number of ether oxygens (including phenoxy) is 1. The summed E-state index contributed by atoms with van der Waals surface area (Å²) in [7, 11) is 0. The van der Waals surface area contributed by atoms with Crippen LogP contribution in [0.15, 0.2) is 36.4 Å². The van der Waals surface area contributed by atoms with Gasteiger partial charge in [0.2, 0.25) is 0 Å². The highest BCUT2D eigenvalue weighted by molar-refractivity contribution is 5.89. The summed E-state index contributed by atoms with van der Waals surface area (Å²) in [6, 6.07) is 12.8. The van der Waals surface area contributed by atoms with Crippen molar-refractivity contribution in [2.45, 2.75) is 26.4 Å². The number of terminal acetylenes is 1. The summed E-state index contributed by atoms with van der Waals surface area (Å²) in [6.45, 7) is 5.37. The summed E-state index contributed by atoms with van der Waals surface area (Å²) >= 11 is 0. The smallest absolute Gasteiger partial charge is 0.107 e. The standard InChI is InChI=1S/C17H18O/c1-4-11-18-12-14-9-10-15(13(2)3)17-8-6-5-7-16(14)17/h1,5-10,13H,11-12H2,2-3H3. The van der Waals surface area contributed by atoms with Crippen LogP contribution in [0.1, 0.15) is 30.9 Å². The number of benzene rings is 2. The lowest BCUT2D eigenvalue weighted by Crippen LogP contribution is -1.97. The molecular weight excluding hydrogens is 220 g/mol. The molecule has 0 amide bonds. The first-order valence-electron chi connectivity index (χ1n) is 6.25. The van der Waals surface area contributed by atoms with Gasteiger partial charge < -0.3 is 4.74 Å². The van der Waals surface area contributed by atoms with Crippen LogP contribution in [-0.2, 0) is 11.3 Å². The summed E-state index contributed by atoms with van der Waals surface area (Å²) in [6.07, 6.45) is 5.19. The third kappa shape index (κ3) is 2.55. The molecule has 0 aliphatic heterocycles. The van der Waals surface area contributed by atoms with Gasteiger partial charge in [-0.2, -0.15) is 0 Å². The molecule has 0 N–H and O–H groups in total. The third-order valence-electron chi connectivity index (χ3n) is 3.11. The topological polar surface area (TPSA) is 9.23 Å². The maximum Gasteiger partial charge on any atom is 0.107 e. The molecule has 0 aromatic heterocycles. The first-order chi connectivity index (χ1) is 8.74. The molecule has 0 atom stereocenters. The van der Waals surface area contributed by atoms with Gasteiger partial charge in [0, 0.05) is 0 Å². The Morgan fingerprint density at radius 2 is 1.83 bits per heavy atom. The molecule has 0 spiro atoms. The van der Waals surface area contributed by atoms with E-state index in [2.05, 4.69) is 56.2 Å². The molecule has 1 nitrogen and oxygen atoms in total. The zero-order valence-electron chi connectivity index (χ0n) is 10.9. The summed E-state index contributed by atoms with van der Waals surface area (Å²) in [4.78, 5) is 0. The van der Waals surface area contributed by atoms with E-state index in [0.29, 0.717) is 19.1 Å². The van der Waals surface area contributed by atoms with Crippen molar-refractivity contribution < 1.29 is 4.74 Å². The van der Waals surface area contributed by atoms with Crippen molar-refractivity contribution in [1.29, 1.82) is 0 Å². The van der Waals surface area contributed by atoms with E-state index < -0.39 is 0 Å². The van der Waals surface area contributed by atoms with E-state index in [1.165, 1.54) is 21.9 Å². The zero-order chi connectivity index (χ0) is 13.0. The van der Waals surface area contributed by atoms with Crippen molar-refractivity contribution in [2.75, 3.05) is 6.61 Å². The van der Waals surface area contributed by atoms with Gasteiger partial charge in [0.05, 0.1) is 6.61 Å². The van der Waals surface area contributed by atoms with Gasteiger partial charge in [-0.05, 0) is 27.8 Å². The van der Waals surface area contributed by atoms with Gasteiger partial charge in [-0.25, -0.2) is 0 Å². The quantitative estimate of drug-likeness (QED) is 0.575. The Kier molecular flexibility index (Phi) is 4.02. The van der Waals surface area contributed by atoms with Crippen molar-refractivity contribution >= 4 is 10.8 Å². The number of hydrogen-bond acceptors (Lipinski definition) is 1. The Morgan fingerprint density at radius 1 is 1.11 bits per heavy atom. The van der Waals surface area contributed by atoms with E-state index in [0.717, 1.165) is 0 Å². The van der Waals surface area contributed by atoms with E-state index in [-0.39, 0.29) is 0 Å². The van der Waals surface area contributed by atoms with Crippen LogP contribution in [0.3, 0.4) is 0 Å². The summed E-state index contributed by atoms with van der Waals surface area (Å²) in [5.74, 6) is 3.02. The number of hydrogen-bond donors (Lipinski definition) is 0. The van der Waals surface area contributed by atoms with Crippen LogP contribution in [0.4, 0.5) is 0 Å². The average Bonchev–Trinajstić information content (AvgIpc) is 2.38. The number of fused-ring (bicyclic) bond motifs is 1. The molecule has 0 aliphatic rings. The van der Waals surface area contributed by atoms with Crippen molar-refractivity contribution in [2.24, 2.45) is 0 Å². The summed E-state index contributed by atoms with van der Waals surface area (Å²) in [5.41, 5.74) is 2.58. The Hall–Kier alpha value is -1.78. The molecule has 0 saturated carbocycles. The fourth-order valence-corrected chi connectivity index (χ4v) is 2.23. The van der Waals surface area contributed by atoms with E-state index in [4.69, 9.17) is 11.2 Å². The minimum Gasteiger partial charge on any atom is -0.364 e. The van der Waals surface area contributed by atoms with Crippen molar-refractivity contribution in [1.82, 2.24) is 0 Å². The van der Waals surface area contributed by atoms with Gasteiger partial charge in [-0.3, -0.25) is 0 Å². The predicted molar refractivity (Wildman–Crippen MR) is 76.5 cm³/mol. The monoisotopic (exact) mass is 238 g/mol. The fourth-order valence-electron chi connectivity index (χ4n) is 2.23. The molecular formula is C17H18O. The second-order valence-corrected chi connectivity index (χ2v) is 4.71. The van der Waals surface area contributed by atoms with E-state index in [1.54, 1.807) is 0 Å². The SMILES string of the molecule is C#CCOCc1ccc(C(C)C)c2ccccc12. The highest BCUT2D eigenvalue weighted by Crippen LogP contribution is 2.28. The highest BCUT2D eigenvalue weighted by atomic mass is 16.5. The minimum atomic E-state index is 0.361. The van der Waals surface area contributed by atoms with Crippen LogP contribution < -0.4 is 0 Å². The van der Waals surface area contributed by atoms with Crippen LogP contribution in [0, 0.1) is 12.3 Å². The van der Waals surface area contributed by atoms with Crippen molar-refractivity contribution in [3.05, 3.63) is 47.5 Å². The first-order valence-corrected chi connectivity index (χ1v) is 6.25. The normalized spacial score (nSPS) is 10.8. The van der Waals surface area contributed by atoms with Crippen LogP contribution in [0.25, 0.3) is 10.8 Å². The summed E-state index contributed by atoms with van der Waals surface area (Å²) < 4.78 is 5.44. The minimum absolute atomic E-state index is 0.361. The predicted octanol–water partition coefficient (Wildman–Crippen LogP) is 4.11. The Bertz CT molecular complexity index is 576. The molecule has 0 unspecified atom stereocenters. The Labute approximate surface area is 109 Å². The van der Waals surface area contributed by atoms with Gasteiger partial charge >= 0.3 is 0 Å². The van der Waals surface area contributed by atoms with Gasteiger partial charge in [0.25, 0.3) is 0 Å². The van der Waals surface area contributed by atoms with Crippen LogP contribution in [-0.4, -0.2) is 6.61 Å². The molecule has 2 aromatic rings.